The fourth-order valence-electron chi connectivity index (χ4n) is 2.24. The van der Waals surface area contributed by atoms with Crippen LogP contribution < -0.4 is 4.72 Å². The minimum Gasteiger partial charge on any atom is -0.265 e. The summed E-state index contributed by atoms with van der Waals surface area (Å²) in [6, 6.07) is 9.30. The Kier molecular flexibility index (Phi) is 6.30. The molecule has 0 radical (unpaired) electrons. The van der Waals surface area contributed by atoms with Crippen molar-refractivity contribution in [1.29, 1.82) is 0 Å². The summed E-state index contributed by atoms with van der Waals surface area (Å²) in [5, 5.41) is 5.56. The minimum absolute atomic E-state index is 0.0513. The predicted octanol–water partition coefficient (Wildman–Crippen LogP) is 6.11. The van der Waals surface area contributed by atoms with E-state index in [0.29, 0.717) is 21.1 Å². The molecule has 2 aromatic carbocycles. The van der Waals surface area contributed by atoms with Gasteiger partial charge in [0.2, 0.25) is 0 Å². The smallest absolute Gasteiger partial charge is 0.264 e. The SMILES string of the molecule is O=S(=O)(Nc1nn(Cc2ccc(Cl)cc2Cl)cc1Br)c1cc(Cl)ccc1Cl. The third-order valence-corrected chi connectivity index (χ3v) is 6.70. The minimum atomic E-state index is -3.98. The Morgan fingerprint density at radius 1 is 1.00 bits per heavy atom. The van der Waals surface area contributed by atoms with Crippen molar-refractivity contribution < 1.29 is 8.42 Å². The fraction of sp³-hybridized carbons (Fsp3) is 0.0625. The number of benzene rings is 2. The van der Waals surface area contributed by atoms with Gasteiger partial charge in [0.05, 0.1) is 16.0 Å². The van der Waals surface area contributed by atoms with Crippen molar-refractivity contribution in [3.63, 3.8) is 0 Å². The van der Waals surface area contributed by atoms with Gasteiger partial charge in [-0.1, -0.05) is 52.5 Å². The lowest BCUT2D eigenvalue weighted by Gasteiger charge is -2.08. The highest BCUT2D eigenvalue weighted by Gasteiger charge is 2.21. The first-order valence-electron chi connectivity index (χ1n) is 7.30. The van der Waals surface area contributed by atoms with Gasteiger partial charge in [0.1, 0.15) is 4.90 Å². The van der Waals surface area contributed by atoms with Crippen molar-refractivity contribution in [2.24, 2.45) is 0 Å². The van der Waals surface area contributed by atoms with E-state index in [1.807, 2.05) is 0 Å². The van der Waals surface area contributed by atoms with Crippen molar-refractivity contribution >= 4 is 78.2 Å². The summed E-state index contributed by atoms with van der Waals surface area (Å²) < 4.78 is 29.6. The van der Waals surface area contributed by atoms with Crippen molar-refractivity contribution in [1.82, 2.24) is 9.78 Å². The van der Waals surface area contributed by atoms with E-state index in [2.05, 4.69) is 25.8 Å². The zero-order valence-electron chi connectivity index (χ0n) is 13.3. The van der Waals surface area contributed by atoms with E-state index in [9.17, 15) is 8.42 Å². The highest BCUT2D eigenvalue weighted by atomic mass is 79.9. The van der Waals surface area contributed by atoms with Gasteiger partial charge in [-0.25, -0.2) is 8.42 Å². The Morgan fingerprint density at radius 2 is 1.67 bits per heavy atom. The van der Waals surface area contributed by atoms with Gasteiger partial charge >= 0.3 is 0 Å². The first-order chi connectivity index (χ1) is 12.7. The molecule has 0 amide bonds. The molecule has 11 heteroatoms. The van der Waals surface area contributed by atoms with Gasteiger partial charge in [0.15, 0.2) is 5.82 Å². The molecule has 1 heterocycles. The van der Waals surface area contributed by atoms with Crippen LogP contribution in [0.5, 0.6) is 0 Å². The maximum absolute atomic E-state index is 12.6. The number of halogens is 5. The zero-order chi connectivity index (χ0) is 19.8. The first kappa shape index (κ1) is 20.8. The summed E-state index contributed by atoms with van der Waals surface area (Å²) in [5.41, 5.74) is 0.781. The lowest BCUT2D eigenvalue weighted by Crippen LogP contribution is -2.14. The van der Waals surface area contributed by atoms with E-state index in [1.165, 1.54) is 22.9 Å². The molecule has 0 atom stereocenters. The standard InChI is InChI=1S/C16H10BrCl4N3O2S/c17-12-8-24(7-9-1-2-10(18)5-14(9)21)22-16(12)23-27(25,26)15-6-11(19)3-4-13(15)20/h1-6,8H,7H2,(H,22,23). The second kappa shape index (κ2) is 8.19. The lowest BCUT2D eigenvalue weighted by atomic mass is 10.2. The highest BCUT2D eigenvalue weighted by molar-refractivity contribution is 9.10. The van der Waals surface area contributed by atoms with E-state index in [0.717, 1.165) is 5.56 Å². The van der Waals surface area contributed by atoms with Crippen LogP contribution in [0.15, 0.2) is 52.0 Å². The summed E-state index contributed by atoms with van der Waals surface area (Å²) in [5.74, 6) is 0.108. The van der Waals surface area contributed by atoms with Gasteiger partial charge in [-0.2, -0.15) is 5.10 Å². The van der Waals surface area contributed by atoms with Crippen LogP contribution in [-0.4, -0.2) is 18.2 Å². The van der Waals surface area contributed by atoms with Gasteiger partial charge < -0.3 is 0 Å². The Morgan fingerprint density at radius 3 is 2.37 bits per heavy atom. The molecule has 5 nitrogen and oxygen atoms in total. The molecule has 0 spiro atoms. The van der Waals surface area contributed by atoms with Crippen LogP contribution in [0.2, 0.25) is 20.1 Å². The Balaban J connectivity index is 1.87. The molecule has 0 saturated heterocycles. The Bertz CT molecular complexity index is 1120. The molecule has 1 N–H and O–H groups in total. The topological polar surface area (TPSA) is 64.0 Å². The van der Waals surface area contributed by atoms with E-state index < -0.39 is 10.0 Å². The summed E-state index contributed by atoms with van der Waals surface area (Å²) in [4.78, 5) is -0.140. The maximum atomic E-state index is 12.6. The summed E-state index contributed by atoms with van der Waals surface area (Å²) in [6.45, 7) is 0.328. The number of hydrogen-bond acceptors (Lipinski definition) is 3. The first-order valence-corrected chi connectivity index (χ1v) is 11.1. The number of anilines is 1. The molecule has 0 saturated carbocycles. The largest absolute Gasteiger partial charge is 0.265 e. The molecule has 0 fully saturated rings. The predicted molar refractivity (Wildman–Crippen MR) is 113 cm³/mol. The number of sulfonamides is 1. The van der Waals surface area contributed by atoms with Crippen LogP contribution >= 0.6 is 62.3 Å². The fourth-order valence-corrected chi connectivity index (χ4v) is 5.03. The molecule has 0 aliphatic rings. The van der Waals surface area contributed by atoms with Crippen LogP contribution in [0.4, 0.5) is 5.82 Å². The van der Waals surface area contributed by atoms with Crippen molar-refractivity contribution in [3.8, 4) is 0 Å². The number of hydrogen-bond donors (Lipinski definition) is 1. The molecule has 3 aromatic rings. The Hall–Kier alpha value is -0.960. The molecule has 142 valence electrons. The zero-order valence-corrected chi connectivity index (χ0v) is 18.7. The van der Waals surface area contributed by atoms with Gasteiger partial charge in [0.25, 0.3) is 10.0 Å². The van der Waals surface area contributed by atoms with Crippen LogP contribution in [0.25, 0.3) is 0 Å². The quantitative estimate of drug-likeness (QED) is 0.434. The molecule has 3 rings (SSSR count). The van der Waals surface area contributed by atoms with E-state index >= 15 is 0 Å². The molecule has 27 heavy (non-hydrogen) atoms. The number of rotatable bonds is 5. The molecule has 1 aromatic heterocycles. The maximum Gasteiger partial charge on any atom is 0.264 e. The van der Waals surface area contributed by atoms with E-state index in [4.69, 9.17) is 46.4 Å². The van der Waals surface area contributed by atoms with Gasteiger partial charge in [-0.15, -0.1) is 0 Å². The lowest BCUT2D eigenvalue weighted by molar-refractivity contribution is 0.600. The van der Waals surface area contributed by atoms with Gasteiger partial charge in [-0.05, 0) is 51.8 Å². The van der Waals surface area contributed by atoms with E-state index in [-0.39, 0.29) is 20.8 Å². The average molecular weight is 530 g/mol. The van der Waals surface area contributed by atoms with Gasteiger partial charge in [0, 0.05) is 21.3 Å². The molecular formula is C16H10BrCl4N3O2S. The van der Waals surface area contributed by atoms with Crippen LogP contribution in [0, 0.1) is 0 Å². The van der Waals surface area contributed by atoms with Crippen molar-refractivity contribution in [3.05, 3.63) is 72.7 Å². The summed E-state index contributed by atoms with van der Waals surface area (Å²) in [7, 11) is -3.98. The molecular weight excluding hydrogens is 520 g/mol. The molecule has 0 aliphatic heterocycles. The third-order valence-electron chi connectivity index (χ3n) is 3.48. The molecule has 0 bridgehead atoms. The van der Waals surface area contributed by atoms with Crippen LogP contribution in [0.3, 0.4) is 0 Å². The van der Waals surface area contributed by atoms with Crippen LogP contribution in [0.1, 0.15) is 5.56 Å². The van der Waals surface area contributed by atoms with Crippen LogP contribution in [-0.2, 0) is 16.6 Å². The highest BCUT2D eigenvalue weighted by Crippen LogP contribution is 2.29. The number of nitrogens with one attached hydrogen (secondary N) is 1. The second-order valence-corrected chi connectivity index (χ2v) is 9.63. The van der Waals surface area contributed by atoms with Gasteiger partial charge in [-0.3, -0.25) is 9.40 Å². The summed E-state index contributed by atoms with van der Waals surface area (Å²) >= 11 is 27.2. The second-order valence-electron chi connectivity index (χ2n) is 5.44. The molecule has 0 unspecified atom stereocenters. The Labute approximate surface area is 184 Å². The molecule has 0 aliphatic carbocycles. The number of nitrogens with zero attached hydrogens (tertiary/aromatic N) is 2. The van der Waals surface area contributed by atoms with Crippen molar-refractivity contribution in [2.45, 2.75) is 11.4 Å². The number of aromatic nitrogens is 2. The van der Waals surface area contributed by atoms with Crippen molar-refractivity contribution in [2.75, 3.05) is 4.72 Å². The summed E-state index contributed by atoms with van der Waals surface area (Å²) in [6.07, 6.45) is 1.63. The normalized spacial score (nSPS) is 11.6. The third kappa shape index (κ3) is 4.91. The monoisotopic (exact) mass is 527 g/mol. The average Bonchev–Trinajstić information content (AvgIpc) is 2.91. The van der Waals surface area contributed by atoms with E-state index in [1.54, 1.807) is 24.4 Å².